The number of nitrogens with zero attached hydrogens (tertiary/aromatic N) is 1. The number of rotatable bonds is 6. The van der Waals surface area contributed by atoms with Crippen LogP contribution < -0.4 is 5.32 Å². The van der Waals surface area contributed by atoms with Gasteiger partial charge in [-0.1, -0.05) is 0 Å². The van der Waals surface area contributed by atoms with Gasteiger partial charge in [-0.15, -0.1) is 11.6 Å². The van der Waals surface area contributed by atoms with Crippen molar-refractivity contribution in [2.75, 3.05) is 20.2 Å². The molecule has 5 rings (SSSR count). The van der Waals surface area contributed by atoms with Gasteiger partial charge in [0.05, 0.1) is 12.0 Å². The van der Waals surface area contributed by atoms with Gasteiger partial charge in [-0.25, -0.2) is 0 Å². The van der Waals surface area contributed by atoms with Crippen LogP contribution in [0.3, 0.4) is 0 Å². The Kier molecular flexibility index (Phi) is 4.45. The van der Waals surface area contributed by atoms with Crippen LogP contribution in [0.5, 0.6) is 0 Å². The largest absolute Gasteiger partial charge is 0.455 e. The van der Waals surface area contributed by atoms with Gasteiger partial charge in [0.1, 0.15) is 0 Å². The first-order valence-electron chi connectivity index (χ1n) is 9.66. The Morgan fingerprint density at radius 2 is 1.81 bits per heavy atom. The van der Waals surface area contributed by atoms with Gasteiger partial charge in [0.2, 0.25) is 5.91 Å². The molecule has 144 valence electrons. The molecule has 0 saturated heterocycles. The molecule has 4 bridgehead atoms. The first-order valence-corrected chi connectivity index (χ1v) is 10.0. The Balaban J connectivity index is 1.29. The number of ether oxygens (including phenoxy) is 1. The van der Waals surface area contributed by atoms with Crippen molar-refractivity contribution < 1.29 is 19.1 Å². The van der Waals surface area contributed by atoms with Gasteiger partial charge < -0.3 is 15.0 Å². The molecule has 1 N–H and O–H groups in total. The summed E-state index contributed by atoms with van der Waals surface area (Å²) in [5.41, 5.74) is -0.506. The molecule has 5 saturated carbocycles. The van der Waals surface area contributed by atoms with Gasteiger partial charge >= 0.3 is 5.97 Å². The van der Waals surface area contributed by atoms with Gasteiger partial charge in [0.15, 0.2) is 6.61 Å². The second-order valence-electron chi connectivity index (χ2n) is 9.06. The van der Waals surface area contributed by atoms with E-state index in [9.17, 15) is 14.4 Å². The lowest BCUT2D eigenvalue weighted by Gasteiger charge is -2.58. The average Bonchev–Trinajstić information content (AvgIpc) is 3.33. The highest BCUT2D eigenvalue weighted by atomic mass is 35.5. The fraction of sp³-hybridized carbons (Fsp3) is 0.842. The van der Waals surface area contributed by atoms with Gasteiger partial charge in [-0.2, -0.15) is 0 Å². The van der Waals surface area contributed by atoms with Crippen LogP contribution in [-0.2, 0) is 19.1 Å². The number of hydrogen-bond acceptors (Lipinski definition) is 4. The fourth-order valence-corrected chi connectivity index (χ4v) is 6.28. The van der Waals surface area contributed by atoms with E-state index in [-0.39, 0.29) is 41.9 Å². The van der Waals surface area contributed by atoms with Crippen LogP contribution in [-0.4, -0.2) is 53.8 Å². The number of nitrogens with one attached hydrogen (secondary N) is 1. The first-order chi connectivity index (χ1) is 12.3. The lowest BCUT2D eigenvalue weighted by atomic mass is 9.49. The molecule has 0 heterocycles. The minimum Gasteiger partial charge on any atom is -0.455 e. The summed E-state index contributed by atoms with van der Waals surface area (Å²) in [6.45, 7) is -0.314. The van der Waals surface area contributed by atoms with Crippen LogP contribution >= 0.6 is 11.6 Å². The maximum absolute atomic E-state index is 12.8. The molecule has 2 unspecified atom stereocenters. The van der Waals surface area contributed by atoms with E-state index in [1.54, 1.807) is 7.05 Å². The molecule has 0 aromatic rings. The normalized spacial score (nSPS) is 37.3. The Morgan fingerprint density at radius 1 is 1.15 bits per heavy atom. The second kappa shape index (κ2) is 6.39. The summed E-state index contributed by atoms with van der Waals surface area (Å²) in [5, 5.41) is 2.84. The molecule has 7 heteroatoms. The summed E-state index contributed by atoms with van der Waals surface area (Å²) in [6.07, 6.45) is 7.52. The van der Waals surface area contributed by atoms with E-state index < -0.39 is 5.41 Å². The third kappa shape index (κ3) is 3.57. The van der Waals surface area contributed by atoms with Gasteiger partial charge in [-0.05, 0) is 63.2 Å². The standard InChI is InChI=1S/C19H27ClN2O4/c1-22(9-15(23)21-14-2-3-14)16(24)10-26-17(25)18-5-12-4-13(6-18)8-19(20,7-12)11-18/h12-14H,2-11H2,1H3,(H,21,23)/t12-,13+,18?,19?. The van der Waals surface area contributed by atoms with Gasteiger partial charge in [0, 0.05) is 18.0 Å². The van der Waals surface area contributed by atoms with Crippen molar-refractivity contribution >= 4 is 29.4 Å². The van der Waals surface area contributed by atoms with E-state index in [1.165, 1.54) is 11.3 Å². The molecule has 0 aromatic heterocycles. The van der Waals surface area contributed by atoms with E-state index in [0.29, 0.717) is 18.3 Å². The predicted octanol–water partition coefficient (Wildman–Crippen LogP) is 1.84. The molecule has 0 spiro atoms. The Labute approximate surface area is 158 Å². The quantitative estimate of drug-likeness (QED) is 0.562. The molecule has 5 aliphatic carbocycles. The first kappa shape index (κ1) is 18.1. The van der Waals surface area contributed by atoms with E-state index in [2.05, 4.69) is 5.32 Å². The zero-order valence-corrected chi connectivity index (χ0v) is 16.0. The number of carbonyl (C=O) groups is 3. The van der Waals surface area contributed by atoms with Crippen LogP contribution in [0, 0.1) is 17.3 Å². The Morgan fingerprint density at radius 3 is 2.38 bits per heavy atom. The van der Waals surface area contributed by atoms with Crippen LogP contribution in [0.4, 0.5) is 0 Å². The lowest BCUT2D eigenvalue weighted by Crippen LogP contribution is -2.56. The smallest absolute Gasteiger partial charge is 0.312 e. The summed E-state index contributed by atoms with van der Waals surface area (Å²) in [7, 11) is 1.56. The van der Waals surface area contributed by atoms with Crippen molar-refractivity contribution in [3.63, 3.8) is 0 Å². The summed E-state index contributed by atoms with van der Waals surface area (Å²) in [6, 6.07) is 0.266. The minimum absolute atomic E-state index is 0.00698. The van der Waals surface area contributed by atoms with E-state index >= 15 is 0 Å². The SMILES string of the molecule is CN(CC(=O)NC1CC1)C(=O)COC(=O)C12C[C@@H]3C[C@@H](CC(Cl)(C3)C1)C2. The summed E-state index contributed by atoms with van der Waals surface area (Å²) >= 11 is 6.75. The van der Waals surface area contributed by atoms with Gasteiger partial charge in [0.25, 0.3) is 5.91 Å². The predicted molar refractivity (Wildman–Crippen MR) is 95.5 cm³/mol. The zero-order chi connectivity index (χ0) is 18.5. The molecule has 26 heavy (non-hydrogen) atoms. The van der Waals surface area contributed by atoms with Crippen LogP contribution in [0.25, 0.3) is 0 Å². The monoisotopic (exact) mass is 382 g/mol. The van der Waals surface area contributed by atoms with Crippen LogP contribution in [0.1, 0.15) is 51.4 Å². The van der Waals surface area contributed by atoms with Crippen molar-refractivity contribution in [2.24, 2.45) is 17.3 Å². The molecular formula is C19H27ClN2O4. The Hall–Kier alpha value is -1.30. The maximum atomic E-state index is 12.8. The number of carbonyl (C=O) groups excluding carboxylic acids is 3. The molecule has 2 amide bonds. The number of esters is 1. The van der Waals surface area contributed by atoms with E-state index in [4.69, 9.17) is 16.3 Å². The molecule has 0 aromatic carbocycles. The summed E-state index contributed by atoms with van der Waals surface area (Å²) < 4.78 is 5.41. The fourth-order valence-electron chi connectivity index (χ4n) is 5.58. The van der Waals surface area contributed by atoms with Crippen molar-refractivity contribution in [3.05, 3.63) is 0 Å². The van der Waals surface area contributed by atoms with Crippen molar-refractivity contribution in [1.29, 1.82) is 0 Å². The second-order valence-corrected chi connectivity index (χ2v) is 9.86. The molecule has 5 aliphatic rings. The Bertz CT molecular complexity index is 619. The van der Waals surface area contributed by atoms with Gasteiger partial charge in [-0.3, -0.25) is 14.4 Å². The van der Waals surface area contributed by atoms with Crippen molar-refractivity contribution in [2.45, 2.75) is 62.3 Å². The minimum atomic E-state index is -0.506. The zero-order valence-electron chi connectivity index (χ0n) is 15.3. The third-order valence-electron chi connectivity index (χ3n) is 6.50. The molecule has 0 aliphatic heterocycles. The topological polar surface area (TPSA) is 75.7 Å². The number of likely N-dealkylation sites (N-methyl/N-ethyl adjacent to an activating group) is 1. The summed E-state index contributed by atoms with van der Waals surface area (Å²) in [5.74, 6) is 0.215. The highest BCUT2D eigenvalue weighted by molar-refractivity contribution is 6.24. The summed E-state index contributed by atoms with van der Waals surface area (Å²) in [4.78, 5) is 37.9. The number of alkyl halides is 1. The average molecular weight is 383 g/mol. The van der Waals surface area contributed by atoms with Crippen molar-refractivity contribution in [1.82, 2.24) is 10.2 Å². The highest BCUT2D eigenvalue weighted by Gasteiger charge is 2.60. The number of halogens is 1. The molecule has 5 fully saturated rings. The number of hydrogen-bond donors (Lipinski definition) is 1. The molecule has 6 nitrogen and oxygen atoms in total. The third-order valence-corrected chi connectivity index (χ3v) is 6.94. The maximum Gasteiger partial charge on any atom is 0.312 e. The molecule has 0 radical (unpaired) electrons. The van der Waals surface area contributed by atoms with E-state index in [0.717, 1.165) is 38.5 Å². The van der Waals surface area contributed by atoms with Crippen LogP contribution in [0.2, 0.25) is 0 Å². The van der Waals surface area contributed by atoms with Crippen molar-refractivity contribution in [3.8, 4) is 0 Å². The van der Waals surface area contributed by atoms with Crippen LogP contribution in [0.15, 0.2) is 0 Å². The lowest BCUT2D eigenvalue weighted by molar-refractivity contribution is -0.173. The molecule has 4 atom stereocenters. The number of amides is 2. The molecular weight excluding hydrogens is 356 g/mol. The van der Waals surface area contributed by atoms with E-state index in [1.807, 2.05) is 0 Å². The highest BCUT2D eigenvalue weighted by Crippen LogP contribution is 2.64.